The Morgan fingerprint density at radius 1 is 1.47 bits per heavy atom. The van der Waals surface area contributed by atoms with E-state index in [0.717, 1.165) is 5.56 Å². The number of carbonyl (C=O) groups excluding carboxylic acids is 1. The van der Waals surface area contributed by atoms with Gasteiger partial charge < -0.3 is 4.90 Å². The van der Waals surface area contributed by atoms with Crippen molar-refractivity contribution in [1.29, 1.82) is 5.26 Å². The lowest BCUT2D eigenvalue weighted by Gasteiger charge is -2.23. The van der Waals surface area contributed by atoms with E-state index in [-0.39, 0.29) is 5.91 Å². The summed E-state index contributed by atoms with van der Waals surface area (Å²) in [5, 5.41) is 9.27. The van der Waals surface area contributed by atoms with Crippen molar-refractivity contribution in [2.45, 2.75) is 27.2 Å². The monoisotopic (exact) mass is 278 g/mol. The molecule has 19 heavy (non-hydrogen) atoms. The fraction of sp³-hybridized carbons (Fsp3) is 0.467. The normalized spacial score (nSPS) is 10.3. The van der Waals surface area contributed by atoms with Gasteiger partial charge in [0.05, 0.1) is 12.5 Å². The summed E-state index contributed by atoms with van der Waals surface area (Å²) in [5.74, 6) is 0.300. The van der Waals surface area contributed by atoms with Gasteiger partial charge in [-0.05, 0) is 30.5 Å². The highest BCUT2D eigenvalue weighted by atomic mass is 35.5. The number of benzene rings is 1. The minimum absolute atomic E-state index is 0.0640. The number of nitrogens with zero attached hydrogens (tertiary/aromatic N) is 2. The molecule has 1 aromatic rings. The summed E-state index contributed by atoms with van der Waals surface area (Å²) in [5.41, 5.74) is 1.53. The number of aryl methyl sites for hydroxylation is 1. The second-order valence-electron chi connectivity index (χ2n) is 5.02. The number of hydrogen-bond donors (Lipinski definition) is 0. The Kier molecular flexibility index (Phi) is 5.85. The number of hydrogen-bond acceptors (Lipinski definition) is 2. The van der Waals surface area contributed by atoms with Crippen molar-refractivity contribution in [3.05, 3.63) is 34.3 Å². The van der Waals surface area contributed by atoms with Gasteiger partial charge in [-0.1, -0.05) is 31.5 Å². The Bertz CT molecular complexity index is 491. The predicted molar refractivity (Wildman–Crippen MR) is 77.2 cm³/mol. The molecule has 0 unspecified atom stereocenters. The van der Waals surface area contributed by atoms with Gasteiger partial charge in [-0.15, -0.1) is 0 Å². The first-order valence-electron chi connectivity index (χ1n) is 6.38. The molecule has 4 heteroatoms. The third-order valence-electron chi connectivity index (χ3n) is 2.79. The van der Waals surface area contributed by atoms with Gasteiger partial charge in [0.1, 0.15) is 0 Å². The van der Waals surface area contributed by atoms with Gasteiger partial charge in [-0.25, -0.2) is 0 Å². The molecule has 0 spiro atoms. The minimum Gasteiger partial charge on any atom is -0.337 e. The van der Waals surface area contributed by atoms with Gasteiger partial charge in [0.25, 0.3) is 5.91 Å². The van der Waals surface area contributed by atoms with Crippen molar-refractivity contribution in [2.24, 2.45) is 5.92 Å². The Balaban J connectivity index is 2.91. The molecule has 0 aromatic heterocycles. The Hall–Kier alpha value is -1.53. The standard InChI is InChI=1S/C15H19ClN2O/c1-11(2)10-18(8-4-7-17)15(19)13-6-5-12(3)14(16)9-13/h5-6,9,11H,4,8,10H2,1-3H3. The highest BCUT2D eigenvalue weighted by Crippen LogP contribution is 2.18. The summed E-state index contributed by atoms with van der Waals surface area (Å²) >= 11 is 6.05. The summed E-state index contributed by atoms with van der Waals surface area (Å²) in [6.45, 7) is 7.10. The van der Waals surface area contributed by atoms with Crippen LogP contribution in [0.1, 0.15) is 36.2 Å². The maximum absolute atomic E-state index is 12.4. The minimum atomic E-state index is -0.0640. The molecule has 102 valence electrons. The quantitative estimate of drug-likeness (QED) is 0.825. The van der Waals surface area contributed by atoms with E-state index in [0.29, 0.717) is 36.0 Å². The van der Waals surface area contributed by atoms with E-state index in [2.05, 4.69) is 19.9 Å². The van der Waals surface area contributed by atoms with E-state index in [1.54, 1.807) is 17.0 Å². The Morgan fingerprint density at radius 2 is 2.16 bits per heavy atom. The SMILES string of the molecule is Cc1ccc(C(=O)N(CCC#N)CC(C)C)cc1Cl. The zero-order chi connectivity index (χ0) is 14.4. The lowest BCUT2D eigenvalue weighted by molar-refractivity contribution is 0.0740. The van der Waals surface area contributed by atoms with Crippen LogP contribution in [0.4, 0.5) is 0 Å². The average molecular weight is 279 g/mol. The molecule has 0 saturated carbocycles. The molecular weight excluding hydrogens is 260 g/mol. The third kappa shape index (κ3) is 4.57. The number of nitriles is 1. The molecule has 0 radical (unpaired) electrons. The summed E-state index contributed by atoms with van der Waals surface area (Å²) < 4.78 is 0. The van der Waals surface area contributed by atoms with Gasteiger partial charge in [-0.2, -0.15) is 5.26 Å². The molecule has 1 rings (SSSR count). The van der Waals surface area contributed by atoms with Crippen LogP contribution in [0.15, 0.2) is 18.2 Å². The van der Waals surface area contributed by atoms with Crippen molar-refractivity contribution in [3.8, 4) is 6.07 Å². The van der Waals surface area contributed by atoms with Crippen LogP contribution in [0, 0.1) is 24.2 Å². The van der Waals surface area contributed by atoms with Gasteiger partial charge >= 0.3 is 0 Å². The van der Waals surface area contributed by atoms with Crippen LogP contribution in [-0.4, -0.2) is 23.9 Å². The van der Waals surface area contributed by atoms with E-state index in [4.69, 9.17) is 16.9 Å². The van der Waals surface area contributed by atoms with E-state index in [1.165, 1.54) is 0 Å². The Labute approximate surface area is 119 Å². The molecule has 1 amide bonds. The summed E-state index contributed by atoms with van der Waals surface area (Å²) in [4.78, 5) is 14.1. The van der Waals surface area contributed by atoms with Gasteiger partial charge in [0.2, 0.25) is 0 Å². The Morgan fingerprint density at radius 3 is 2.68 bits per heavy atom. The zero-order valence-electron chi connectivity index (χ0n) is 11.6. The van der Waals surface area contributed by atoms with Gasteiger partial charge in [0.15, 0.2) is 0 Å². The van der Waals surface area contributed by atoms with E-state index < -0.39 is 0 Å². The molecule has 0 heterocycles. The first-order chi connectivity index (χ1) is 8.95. The smallest absolute Gasteiger partial charge is 0.253 e. The van der Waals surface area contributed by atoms with Gasteiger partial charge in [-0.3, -0.25) is 4.79 Å². The highest BCUT2D eigenvalue weighted by molar-refractivity contribution is 6.31. The first kappa shape index (κ1) is 15.5. The summed E-state index contributed by atoms with van der Waals surface area (Å²) in [6, 6.07) is 7.39. The number of rotatable bonds is 5. The maximum atomic E-state index is 12.4. The van der Waals surface area contributed by atoms with E-state index in [9.17, 15) is 4.79 Å². The van der Waals surface area contributed by atoms with Crippen molar-refractivity contribution >= 4 is 17.5 Å². The zero-order valence-corrected chi connectivity index (χ0v) is 12.4. The topological polar surface area (TPSA) is 44.1 Å². The summed E-state index contributed by atoms with van der Waals surface area (Å²) in [7, 11) is 0. The fourth-order valence-corrected chi connectivity index (χ4v) is 1.99. The van der Waals surface area contributed by atoms with Crippen molar-refractivity contribution in [3.63, 3.8) is 0 Å². The molecule has 0 aliphatic rings. The molecule has 0 aliphatic carbocycles. The summed E-state index contributed by atoms with van der Waals surface area (Å²) in [6.07, 6.45) is 0.345. The lowest BCUT2D eigenvalue weighted by Crippen LogP contribution is -2.35. The van der Waals surface area contributed by atoms with Gasteiger partial charge in [0, 0.05) is 23.7 Å². The molecule has 0 atom stereocenters. The second-order valence-corrected chi connectivity index (χ2v) is 5.42. The maximum Gasteiger partial charge on any atom is 0.253 e. The predicted octanol–water partition coefficient (Wildman–Crippen LogP) is 3.66. The molecule has 0 saturated heterocycles. The van der Waals surface area contributed by atoms with E-state index in [1.807, 2.05) is 13.0 Å². The van der Waals surface area contributed by atoms with E-state index >= 15 is 0 Å². The van der Waals surface area contributed by atoms with Crippen LogP contribution < -0.4 is 0 Å². The lowest BCUT2D eigenvalue weighted by atomic mass is 10.1. The van der Waals surface area contributed by atoms with Crippen LogP contribution >= 0.6 is 11.6 Å². The average Bonchev–Trinajstić information content (AvgIpc) is 2.36. The molecule has 1 aromatic carbocycles. The van der Waals surface area contributed by atoms with Crippen molar-refractivity contribution in [2.75, 3.05) is 13.1 Å². The number of amides is 1. The largest absolute Gasteiger partial charge is 0.337 e. The highest BCUT2D eigenvalue weighted by Gasteiger charge is 2.17. The van der Waals surface area contributed by atoms with Crippen LogP contribution in [0.5, 0.6) is 0 Å². The molecule has 0 fully saturated rings. The number of halogens is 1. The van der Waals surface area contributed by atoms with Crippen LogP contribution in [0.25, 0.3) is 0 Å². The third-order valence-corrected chi connectivity index (χ3v) is 3.19. The molecule has 0 bridgehead atoms. The molecule has 3 nitrogen and oxygen atoms in total. The molecular formula is C15H19ClN2O. The second kappa shape index (κ2) is 7.16. The first-order valence-corrected chi connectivity index (χ1v) is 6.76. The fourth-order valence-electron chi connectivity index (χ4n) is 1.81. The van der Waals surface area contributed by atoms with Crippen molar-refractivity contribution < 1.29 is 4.79 Å². The van der Waals surface area contributed by atoms with Crippen LogP contribution in [-0.2, 0) is 0 Å². The van der Waals surface area contributed by atoms with Crippen LogP contribution in [0.2, 0.25) is 5.02 Å². The molecule has 0 aliphatic heterocycles. The van der Waals surface area contributed by atoms with Crippen LogP contribution in [0.3, 0.4) is 0 Å². The molecule has 0 N–H and O–H groups in total. The van der Waals surface area contributed by atoms with Crippen molar-refractivity contribution in [1.82, 2.24) is 4.90 Å². The number of carbonyl (C=O) groups is 1.